The molecule has 0 N–H and O–H groups in total. The Bertz CT molecular complexity index is 242. The van der Waals surface area contributed by atoms with Gasteiger partial charge in [0.15, 0.2) is 0 Å². The van der Waals surface area contributed by atoms with Crippen LogP contribution < -0.4 is 0 Å². The van der Waals surface area contributed by atoms with Gasteiger partial charge in [0.05, 0.1) is 5.92 Å². The molecule has 0 aromatic heterocycles. The predicted octanol–water partition coefficient (Wildman–Crippen LogP) is 1.90. The van der Waals surface area contributed by atoms with Gasteiger partial charge in [-0.2, -0.15) is 0 Å². The Balaban J connectivity index is 2.22. The van der Waals surface area contributed by atoms with E-state index in [0.29, 0.717) is 5.92 Å². The molecule has 0 aromatic carbocycles. The minimum atomic E-state index is -0.0176. The third kappa shape index (κ3) is 1.06. The molecule has 1 aliphatic carbocycles. The Hall–Kier alpha value is -0.790. The molecule has 0 spiro atoms. The third-order valence-electron chi connectivity index (χ3n) is 3.01. The summed E-state index contributed by atoms with van der Waals surface area (Å²) in [6.45, 7) is 4.08. The summed E-state index contributed by atoms with van der Waals surface area (Å²) in [6, 6.07) is 0. The third-order valence-corrected chi connectivity index (χ3v) is 3.01. The minimum Gasteiger partial charge on any atom is -0.458 e. The van der Waals surface area contributed by atoms with Crippen molar-refractivity contribution in [1.29, 1.82) is 0 Å². The Morgan fingerprint density at radius 1 is 1.58 bits per heavy atom. The first-order valence-electron chi connectivity index (χ1n) is 4.56. The van der Waals surface area contributed by atoms with Crippen LogP contribution in [0.3, 0.4) is 0 Å². The zero-order valence-electron chi connectivity index (χ0n) is 7.54. The van der Waals surface area contributed by atoms with Crippen LogP contribution in [0.1, 0.15) is 26.7 Å². The van der Waals surface area contributed by atoms with Crippen LogP contribution in [0.2, 0.25) is 0 Å². The topological polar surface area (TPSA) is 26.3 Å². The Morgan fingerprint density at radius 3 is 3.08 bits per heavy atom. The van der Waals surface area contributed by atoms with Gasteiger partial charge in [0.2, 0.25) is 0 Å². The van der Waals surface area contributed by atoms with E-state index in [2.05, 4.69) is 13.0 Å². The van der Waals surface area contributed by atoms with Gasteiger partial charge >= 0.3 is 5.97 Å². The fraction of sp³-hybridized carbons (Fsp3) is 0.700. The van der Waals surface area contributed by atoms with Gasteiger partial charge in [-0.25, -0.2) is 0 Å². The summed E-state index contributed by atoms with van der Waals surface area (Å²) < 4.78 is 5.23. The van der Waals surface area contributed by atoms with Gasteiger partial charge in [0.1, 0.15) is 6.10 Å². The summed E-state index contributed by atoms with van der Waals surface area (Å²) in [7, 11) is 0. The monoisotopic (exact) mass is 166 g/mol. The molecule has 0 amide bonds. The number of fused-ring (bicyclic) bond motifs is 1. The molecule has 1 fully saturated rings. The average molecular weight is 166 g/mol. The molecule has 12 heavy (non-hydrogen) atoms. The molecule has 0 aromatic rings. The Labute approximate surface area is 72.6 Å². The van der Waals surface area contributed by atoms with Gasteiger partial charge in [-0.15, -0.1) is 0 Å². The first-order valence-corrected chi connectivity index (χ1v) is 4.56. The summed E-state index contributed by atoms with van der Waals surface area (Å²) in [5, 5.41) is 0. The van der Waals surface area contributed by atoms with Crippen molar-refractivity contribution >= 4 is 5.97 Å². The van der Waals surface area contributed by atoms with Gasteiger partial charge in [-0.05, 0) is 25.8 Å². The molecule has 2 heteroatoms. The van der Waals surface area contributed by atoms with Crippen LogP contribution in [0.4, 0.5) is 0 Å². The number of hydrogen-bond donors (Lipinski definition) is 0. The van der Waals surface area contributed by atoms with E-state index in [1.807, 2.05) is 6.92 Å². The van der Waals surface area contributed by atoms with Crippen LogP contribution >= 0.6 is 0 Å². The molecular formula is C10H14O2. The first kappa shape index (κ1) is 7.84. The lowest BCUT2D eigenvalue weighted by Crippen LogP contribution is -2.21. The van der Waals surface area contributed by atoms with Crippen LogP contribution in [-0.4, -0.2) is 12.1 Å². The number of hydrogen-bond acceptors (Lipinski definition) is 2. The second kappa shape index (κ2) is 2.61. The second-order valence-corrected chi connectivity index (χ2v) is 3.91. The maximum atomic E-state index is 11.2. The number of carbonyl (C=O) groups excluding carboxylic acids is 1. The van der Waals surface area contributed by atoms with E-state index in [1.165, 1.54) is 5.57 Å². The summed E-state index contributed by atoms with van der Waals surface area (Å²) in [6.07, 6.45) is 4.43. The summed E-state index contributed by atoms with van der Waals surface area (Å²) in [5.41, 5.74) is 1.36. The molecule has 0 radical (unpaired) electrons. The molecule has 3 atom stereocenters. The molecule has 2 aliphatic rings. The molecular weight excluding hydrogens is 152 g/mol. The minimum absolute atomic E-state index is 0.0176. The fourth-order valence-corrected chi connectivity index (χ4v) is 2.12. The fourth-order valence-electron chi connectivity index (χ4n) is 2.12. The molecule has 1 aliphatic heterocycles. The van der Waals surface area contributed by atoms with Crippen molar-refractivity contribution in [3.8, 4) is 0 Å². The molecule has 2 rings (SSSR count). The van der Waals surface area contributed by atoms with E-state index < -0.39 is 0 Å². The van der Waals surface area contributed by atoms with E-state index in [0.717, 1.165) is 12.8 Å². The maximum Gasteiger partial charge on any atom is 0.309 e. The van der Waals surface area contributed by atoms with Crippen LogP contribution in [0.15, 0.2) is 11.6 Å². The molecule has 1 saturated heterocycles. The van der Waals surface area contributed by atoms with Gasteiger partial charge < -0.3 is 4.74 Å². The van der Waals surface area contributed by atoms with Crippen molar-refractivity contribution in [2.75, 3.05) is 0 Å². The SMILES string of the molecule is CC1=C[C@@H]2OC(=O)C(C)C2CC1. The average Bonchev–Trinajstić information content (AvgIpc) is 2.28. The van der Waals surface area contributed by atoms with Crippen LogP contribution in [-0.2, 0) is 9.53 Å². The van der Waals surface area contributed by atoms with Crippen molar-refractivity contribution in [1.82, 2.24) is 0 Å². The molecule has 1 heterocycles. The molecule has 0 bridgehead atoms. The van der Waals surface area contributed by atoms with E-state index in [4.69, 9.17) is 4.74 Å². The highest BCUT2D eigenvalue weighted by Crippen LogP contribution is 2.37. The number of esters is 1. The Morgan fingerprint density at radius 2 is 2.33 bits per heavy atom. The van der Waals surface area contributed by atoms with Gasteiger partial charge in [0.25, 0.3) is 0 Å². The Kier molecular flexibility index (Phi) is 1.71. The van der Waals surface area contributed by atoms with E-state index in [9.17, 15) is 4.79 Å². The van der Waals surface area contributed by atoms with Gasteiger partial charge in [-0.1, -0.05) is 12.5 Å². The summed E-state index contributed by atoms with van der Waals surface area (Å²) >= 11 is 0. The second-order valence-electron chi connectivity index (χ2n) is 3.91. The summed E-state index contributed by atoms with van der Waals surface area (Å²) in [4.78, 5) is 11.2. The molecule has 66 valence electrons. The van der Waals surface area contributed by atoms with Gasteiger partial charge in [0, 0.05) is 5.92 Å². The maximum absolute atomic E-state index is 11.2. The van der Waals surface area contributed by atoms with Crippen molar-refractivity contribution in [3.05, 3.63) is 11.6 Å². The lowest BCUT2D eigenvalue weighted by molar-refractivity contribution is -0.142. The van der Waals surface area contributed by atoms with Crippen molar-refractivity contribution in [3.63, 3.8) is 0 Å². The van der Waals surface area contributed by atoms with Crippen LogP contribution in [0.5, 0.6) is 0 Å². The highest BCUT2D eigenvalue weighted by Gasteiger charge is 2.41. The van der Waals surface area contributed by atoms with Crippen LogP contribution in [0.25, 0.3) is 0 Å². The van der Waals surface area contributed by atoms with Crippen LogP contribution in [0, 0.1) is 11.8 Å². The number of ether oxygens (including phenoxy) is 1. The zero-order chi connectivity index (χ0) is 8.72. The van der Waals surface area contributed by atoms with Crippen molar-refractivity contribution in [2.24, 2.45) is 11.8 Å². The molecule has 2 unspecified atom stereocenters. The normalized spacial score (nSPS) is 40.3. The lowest BCUT2D eigenvalue weighted by Gasteiger charge is -2.22. The lowest BCUT2D eigenvalue weighted by atomic mass is 9.82. The number of carbonyl (C=O) groups is 1. The number of allylic oxidation sites excluding steroid dienone is 1. The van der Waals surface area contributed by atoms with E-state index in [-0.39, 0.29) is 18.0 Å². The largest absolute Gasteiger partial charge is 0.458 e. The van der Waals surface area contributed by atoms with Gasteiger partial charge in [-0.3, -0.25) is 4.79 Å². The van der Waals surface area contributed by atoms with E-state index in [1.54, 1.807) is 0 Å². The number of rotatable bonds is 0. The predicted molar refractivity (Wildman–Crippen MR) is 45.5 cm³/mol. The van der Waals surface area contributed by atoms with Crippen molar-refractivity contribution < 1.29 is 9.53 Å². The zero-order valence-corrected chi connectivity index (χ0v) is 7.54. The quantitative estimate of drug-likeness (QED) is 0.406. The summed E-state index contributed by atoms with van der Waals surface area (Å²) in [5.74, 6) is 0.538. The smallest absolute Gasteiger partial charge is 0.309 e. The highest BCUT2D eigenvalue weighted by atomic mass is 16.6. The van der Waals surface area contributed by atoms with Crippen molar-refractivity contribution in [2.45, 2.75) is 32.8 Å². The van der Waals surface area contributed by atoms with E-state index >= 15 is 0 Å². The highest BCUT2D eigenvalue weighted by molar-refractivity contribution is 5.75. The standard InChI is InChI=1S/C10H14O2/c1-6-3-4-8-7(2)10(11)12-9(8)5-6/h5,7-9H,3-4H2,1-2H3/t7?,8?,9-/m0/s1. The first-order chi connectivity index (χ1) is 5.68. The molecule has 2 nitrogen and oxygen atoms in total. The molecule has 0 saturated carbocycles.